The first-order valence-corrected chi connectivity index (χ1v) is 7.72. The lowest BCUT2D eigenvalue weighted by atomic mass is 9.94. The number of amides is 1. The van der Waals surface area contributed by atoms with Gasteiger partial charge < -0.3 is 15.8 Å². The Balaban J connectivity index is 0.00000242. The Bertz CT molecular complexity index is 511. The Morgan fingerprint density at radius 2 is 1.91 bits per heavy atom. The van der Waals surface area contributed by atoms with Gasteiger partial charge in [-0.3, -0.25) is 4.79 Å². The molecular formula is C17H27ClN2O2. The molecule has 2 rings (SSSR count). The van der Waals surface area contributed by atoms with Crippen molar-refractivity contribution in [3.63, 3.8) is 0 Å². The van der Waals surface area contributed by atoms with Gasteiger partial charge in [-0.05, 0) is 49.4 Å². The molecule has 22 heavy (non-hydrogen) atoms. The molecule has 0 radical (unpaired) electrons. The van der Waals surface area contributed by atoms with Gasteiger partial charge in [-0.2, -0.15) is 0 Å². The second-order valence-electron chi connectivity index (χ2n) is 6.14. The summed E-state index contributed by atoms with van der Waals surface area (Å²) >= 11 is 0. The molecular weight excluding hydrogens is 300 g/mol. The van der Waals surface area contributed by atoms with Gasteiger partial charge in [0, 0.05) is 18.5 Å². The highest BCUT2D eigenvalue weighted by Crippen LogP contribution is 2.31. The SMILES string of the molecule is CCC(N)(CC)CNC(=O)C1Cc2cc(C)c(C)cc2O1.Cl. The van der Waals surface area contributed by atoms with E-state index < -0.39 is 6.10 Å². The summed E-state index contributed by atoms with van der Waals surface area (Å²) in [5.74, 6) is 0.765. The van der Waals surface area contributed by atoms with Crippen molar-refractivity contribution in [3.8, 4) is 5.75 Å². The van der Waals surface area contributed by atoms with Crippen LogP contribution in [0, 0.1) is 13.8 Å². The van der Waals surface area contributed by atoms with E-state index in [1.807, 2.05) is 19.9 Å². The molecule has 0 saturated carbocycles. The fraction of sp³-hybridized carbons (Fsp3) is 0.588. The topological polar surface area (TPSA) is 64.3 Å². The Hall–Kier alpha value is -1.26. The monoisotopic (exact) mass is 326 g/mol. The first-order chi connectivity index (χ1) is 9.88. The van der Waals surface area contributed by atoms with Crippen molar-refractivity contribution in [1.82, 2.24) is 5.32 Å². The van der Waals surface area contributed by atoms with Crippen molar-refractivity contribution in [2.45, 2.75) is 58.6 Å². The van der Waals surface area contributed by atoms with Gasteiger partial charge in [0.15, 0.2) is 6.10 Å². The second-order valence-corrected chi connectivity index (χ2v) is 6.14. The molecule has 0 fully saturated rings. The number of nitrogens with one attached hydrogen (secondary N) is 1. The zero-order valence-electron chi connectivity index (χ0n) is 13.9. The van der Waals surface area contributed by atoms with Crippen LogP contribution in [-0.4, -0.2) is 24.1 Å². The zero-order valence-corrected chi connectivity index (χ0v) is 14.7. The van der Waals surface area contributed by atoms with Crippen LogP contribution < -0.4 is 15.8 Å². The van der Waals surface area contributed by atoms with Crippen molar-refractivity contribution in [3.05, 3.63) is 28.8 Å². The maximum Gasteiger partial charge on any atom is 0.261 e. The van der Waals surface area contributed by atoms with E-state index in [1.54, 1.807) is 0 Å². The highest BCUT2D eigenvalue weighted by Gasteiger charge is 2.31. The third kappa shape index (κ3) is 3.93. The van der Waals surface area contributed by atoms with Crippen LogP contribution >= 0.6 is 12.4 Å². The molecule has 0 spiro atoms. The number of hydrogen-bond donors (Lipinski definition) is 2. The molecule has 1 aromatic carbocycles. The summed E-state index contributed by atoms with van der Waals surface area (Å²) in [6.45, 7) is 8.71. The molecule has 0 bridgehead atoms. The van der Waals surface area contributed by atoms with Crippen LogP contribution in [-0.2, 0) is 11.2 Å². The van der Waals surface area contributed by atoms with E-state index in [9.17, 15) is 4.79 Å². The van der Waals surface area contributed by atoms with E-state index in [0.717, 1.165) is 24.2 Å². The molecule has 1 aromatic rings. The number of hydrogen-bond acceptors (Lipinski definition) is 3. The lowest BCUT2D eigenvalue weighted by Gasteiger charge is -2.27. The second kappa shape index (κ2) is 7.34. The average molecular weight is 327 g/mol. The summed E-state index contributed by atoms with van der Waals surface area (Å²) in [5.41, 5.74) is 9.42. The third-order valence-corrected chi connectivity index (χ3v) is 4.67. The van der Waals surface area contributed by atoms with E-state index in [2.05, 4.69) is 25.2 Å². The van der Waals surface area contributed by atoms with Gasteiger partial charge in [-0.25, -0.2) is 0 Å². The molecule has 1 atom stereocenters. The molecule has 1 aliphatic heterocycles. The summed E-state index contributed by atoms with van der Waals surface area (Å²) in [4.78, 5) is 12.3. The Morgan fingerprint density at radius 1 is 1.32 bits per heavy atom. The molecule has 1 unspecified atom stereocenters. The number of nitrogens with two attached hydrogens (primary N) is 1. The highest BCUT2D eigenvalue weighted by molar-refractivity contribution is 5.85. The number of halogens is 1. The predicted octanol–water partition coefficient (Wildman–Crippen LogP) is 2.66. The number of rotatable bonds is 5. The molecule has 0 aromatic heterocycles. The Morgan fingerprint density at radius 3 is 2.50 bits per heavy atom. The quantitative estimate of drug-likeness (QED) is 0.874. The maximum atomic E-state index is 12.3. The molecule has 4 nitrogen and oxygen atoms in total. The average Bonchev–Trinajstić information content (AvgIpc) is 2.87. The number of carbonyl (C=O) groups excluding carboxylic acids is 1. The summed E-state index contributed by atoms with van der Waals surface area (Å²) in [6.07, 6.45) is 1.89. The molecule has 1 amide bonds. The Kier molecular flexibility index (Phi) is 6.27. The lowest BCUT2D eigenvalue weighted by molar-refractivity contribution is -0.127. The third-order valence-electron chi connectivity index (χ3n) is 4.67. The van der Waals surface area contributed by atoms with Gasteiger partial charge >= 0.3 is 0 Å². The molecule has 124 valence electrons. The smallest absolute Gasteiger partial charge is 0.261 e. The molecule has 3 N–H and O–H groups in total. The highest BCUT2D eigenvalue weighted by atomic mass is 35.5. The number of benzene rings is 1. The van der Waals surface area contributed by atoms with Gasteiger partial charge in [-0.1, -0.05) is 19.9 Å². The maximum absolute atomic E-state index is 12.3. The summed E-state index contributed by atoms with van der Waals surface area (Å²) in [7, 11) is 0. The minimum atomic E-state index is -0.431. The number of carbonyl (C=O) groups is 1. The van der Waals surface area contributed by atoms with E-state index in [0.29, 0.717) is 13.0 Å². The van der Waals surface area contributed by atoms with Crippen molar-refractivity contribution in [1.29, 1.82) is 0 Å². The zero-order chi connectivity index (χ0) is 15.6. The molecule has 0 aliphatic carbocycles. The first kappa shape index (κ1) is 18.8. The first-order valence-electron chi connectivity index (χ1n) is 7.72. The summed E-state index contributed by atoms with van der Waals surface area (Å²) in [6, 6.07) is 4.13. The van der Waals surface area contributed by atoms with E-state index in [-0.39, 0.29) is 23.9 Å². The van der Waals surface area contributed by atoms with Crippen LogP contribution in [0.2, 0.25) is 0 Å². The lowest BCUT2D eigenvalue weighted by Crippen LogP contribution is -2.51. The van der Waals surface area contributed by atoms with Crippen molar-refractivity contribution >= 4 is 18.3 Å². The van der Waals surface area contributed by atoms with Gasteiger partial charge in [0.25, 0.3) is 5.91 Å². The fourth-order valence-corrected chi connectivity index (χ4v) is 2.54. The van der Waals surface area contributed by atoms with Crippen molar-refractivity contribution < 1.29 is 9.53 Å². The number of fused-ring (bicyclic) bond motifs is 1. The predicted molar refractivity (Wildman–Crippen MR) is 91.8 cm³/mol. The van der Waals surface area contributed by atoms with Crippen LogP contribution in [0.25, 0.3) is 0 Å². The molecule has 5 heteroatoms. The van der Waals surface area contributed by atoms with E-state index in [1.165, 1.54) is 11.1 Å². The van der Waals surface area contributed by atoms with E-state index in [4.69, 9.17) is 10.5 Å². The van der Waals surface area contributed by atoms with Crippen molar-refractivity contribution in [2.75, 3.05) is 6.54 Å². The number of ether oxygens (including phenoxy) is 1. The van der Waals surface area contributed by atoms with Gasteiger partial charge in [0.05, 0.1) is 0 Å². The van der Waals surface area contributed by atoms with Crippen molar-refractivity contribution in [2.24, 2.45) is 5.73 Å². The van der Waals surface area contributed by atoms with Crippen LogP contribution in [0.3, 0.4) is 0 Å². The van der Waals surface area contributed by atoms with Gasteiger partial charge in [0.2, 0.25) is 0 Å². The van der Waals surface area contributed by atoms with Gasteiger partial charge in [-0.15, -0.1) is 12.4 Å². The van der Waals surface area contributed by atoms with Crippen LogP contribution in [0.15, 0.2) is 12.1 Å². The van der Waals surface area contributed by atoms with Crippen LogP contribution in [0.5, 0.6) is 5.75 Å². The number of aryl methyl sites for hydroxylation is 2. The summed E-state index contributed by atoms with van der Waals surface area (Å²) in [5, 5.41) is 2.94. The minimum absolute atomic E-state index is 0. The van der Waals surface area contributed by atoms with E-state index >= 15 is 0 Å². The van der Waals surface area contributed by atoms with Gasteiger partial charge in [0.1, 0.15) is 5.75 Å². The van der Waals surface area contributed by atoms with Crippen LogP contribution in [0.4, 0.5) is 0 Å². The fourth-order valence-electron chi connectivity index (χ4n) is 2.54. The minimum Gasteiger partial charge on any atom is -0.480 e. The molecule has 1 heterocycles. The van der Waals surface area contributed by atoms with Crippen LogP contribution in [0.1, 0.15) is 43.4 Å². The summed E-state index contributed by atoms with van der Waals surface area (Å²) < 4.78 is 5.78. The standard InChI is InChI=1S/C17H26N2O2.ClH/c1-5-17(18,6-2)10-19-16(20)15-9-13-7-11(3)12(4)8-14(13)21-15;/h7-8,15H,5-6,9-10,18H2,1-4H3,(H,19,20);1H. The molecule has 0 saturated heterocycles. The largest absolute Gasteiger partial charge is 0.480 e. The Labute approximate surface area is 139 Å². The normalized spacial score (nSPS) is 16.5. The molecule has 1 aliphatic rings.